The highest BCUT2D eigenvalue weighted by Gasteiger charge is 2.16. The molecule has 0 atom stereocenters. The highest BCUT2D eigenvalue weighted by molar-refractivity contribution is 6.08. The Hall–Kier alpha value is -3.36. The third-order valence-electron chi connectivity index (χ3n) is 5.26. The molecule has 8 heteroatoms. The molecule has 0 aromatic heterocycles. The monoisotopic (exact) mass is 438 g/mol. The number of amides is 2. The molecule has 0 saturated heterocycles. The van der Waals surface area contributed by atoms with E-state index in [0.717, 1.165) is 38.5 Å². The molecule has 0 unspecified atom stereocenters. The molecule has 0 aliphatic heterocycles. The van der Waals surface area contributed by atoms with Gasteiger partial charge in [0.1, 0.15) is 0 Å². The molecule has 0 aliphatic rings. The van der Waals surface area contributed by atoms with Crippen LogP contribution in [-0.2, 0) is 0 Å². The number of hydrogen-bond donors (Lipinski definition) is 4. The van der Waals surface area contributed by atoms with Crippen molar-refractivity contribution in [3.63, 3.8) is 0 Å². The highest BCUT2D eigenvalue weighted by atomic mass is 16.2. The number of unbranched alkanes of at least 4 members (excludes halogenated alkanes) is 5. The summed E-state index contributed by atoms with van der Waals surface area (Å²) in [6, 6.07) is 13.3. The van der Waals surface area contributed by atoms with Gasteiger partial charge >= 0.3 is 0 Å². The molecule has 2 amide bonds. The van der Waals surface area contributed by atoms with Crippen LogP contribution >= 0.6 is 0 Å². The Balaban J connectivity index is 1.67. The zero-order valence-electron chi connectivity index (χ0n) is 18.1. The Morgan fingerprint density at radius 1 is 0.531 bits per heavy atom. The van der Waals surface area contributed by atoms with E-state index in [-0.39, 0.29) is 22.7 Å². The van der Waals surface area contributed by atoms with Crippen molar-refractivity contribution in [1.82, 2.24) is 10.9 Å². The zero-order valence-corrected chi connectivity index (χ0v) is 18.1. The van der Waals surface area contributed by atoms with Crippen LogP contribution in [0.2, 0.25) is 0 Å². The number of carbonyl (C=O) groups is 4. The minimum Gasteiger partial charge on any atom is -0.294 e. The van der Waals surface area contributed by atoms with Crippen molar-refractivity contribution in [3.8, 4) is 0 Å². The van der Waals surface area contributed by atoms with Gasteiger partial charge in [-0.3, -0.25) is 30.0 Å². The first-order chi connectivity index (χ1) is 15.5. The molecule has 0 bridgehead atoms. The number of hydrogen-bond acceptors (Lipinski definition) is 6. The van der Waals surface area contributed by atoms with Gasteiger partial charge in [-0.15, -0.1) is 0 Å². The molecule has 170 valence electrons. The topological polar surface area (TPSA) is 144 Å². The van der Waals surface area contributed by atoms with Crippen LogP contribution < -0.4 is 22.5 Å². The number of benzene rings is 2. The van der Waals surface area contributed by atoms with Crippen molar-refractivity contribution in [2.75, 3.05) is 0 Å². The zero-order chi connectivity index (χ0) is 23.3. The van der Waals surface area contributed by atoms with Crippen LogP contribution in [0.4, 0.5) is 0 Å². The number of nitrogen functional groups attached to an aromatic ring is 2. The molecule has 0 heterocycles. The summed E-state index contributed by atoms with van der Waals surface area (Å²) < 4.78 is 0. The first-order valence-electron chi connectivity index (χ1n) is 10.8. The highest BCUT2D eigenvalue weighted by Crippen LogP contribution is 2.17. The van der Waals surface area contributed by atoms with Gasteiger partial charge in [0.05, 0.1) is 11.1 Å². The SMILES string of the molecule is NNC(=O)c1ccccc1C(=O)CCCCCCCCC(=O)c1ccccc1C(=O)NN. The van der Waals surface area contributed by atoms with E-state index in [0.29, 0.717) is 24.0 Å². The van der Waals surface area contributed by atoms with Crippen molar-refractivity contribution >= 4 is 23.4 Å². The summed E-state index contributed by atoms with van der Waals surface area (Å²) in [6.07, 6.45) is 5.91. The minimum atomic E-state index is -0.477. The lowest BCUT2D eigenvalue weighted by atomic mass is 9.97. The summed E-state index contributed by atoms with van der Waals surface area (Å²) >= 11 is 0. The Morgan fingerprint density at radius 2 is 0.844 bits per heavy atom. The van der Waals surface area contributed by atoms with E-state index in [4.69, 9.17) is 11.7 Å². The van der Waals surface area contributed by atoms with E-state index >= 15 is 0 Å². The number of carbonyl (C=O) groups excluding carboxylic acids is 4. The molecule has 0 spiro atoms. The smallest absolute Gasteiger partial charge is 0.265 e. The van der Waals surface area contributed by atoms with Crippen LogP contribution in [0.5, 0.6) is 0 Å². The Morgan fingerprint density at radius 3 is 1.19 bits per heavy atom. The van der Waals surface area contributed by atoms with E-state index in [1.165, 1.54) is 0 Å². The maximum Gasteiger partial charge on any atom is 0.265 e. The summed E-state index contributed by atoms with van der Waals surface area (Å²) in [5, 5.41) is 0. The predicted molar refractivity (Wildman–Crippen MR) is 122 cm³/mol. The van der Waals surface area contributed by atoms with Crippen LogP contribution in [0.3, 0.4) is 0 Å². The molecule has 2 aromatic carbocycles. The molecular weight excluding hydrogens is 408 g/mol. The summed E-state index contributed by atoms with van der Waals surface area (Å²) in [4.78, 5) is 48.4. The van der Waals surface area contributed by atoms with Crippen LogP contribution in [0.1, 0.15) is 92.8 Å². The average Bonchev–Trinajstić information content (AvgIpc) is 2.84. The number of nitrogens with two attached hydrogens (primary N) is 2. The molecule has 32 heavy (non-hydrogen) atoms. The number of Topliss-reactive ketones (excluding diaryl/α,β-unsaturated/α-hetero) is 2. The molecule has 0 aliphatic carbocycles. The molecule has 6 N–H and O–H groups in total. The molecule has 0 saturated carbocycles. The van der Waals surface area contributed by atoms with Crippen molar-refractivity contribution < 1.29 is 19.2 Å². The quantitative estimate of drug-likeness (QED) is 0.124. The van der Waals surface area contributed by atoms with Gasteiger partial charge in [0.15, 0.2) is 11.6 Å². The standard InChI is InChI=1S/C24H30N4O4/c25-27-23(31)19-13-9-7-11-17(19)21(29)15-5-3-1-2-4-6-16-22(30)18-12-8-10-14-20(18)24(32)28-26/h7-14H,1-6,15-16,25-26H2,(H,27,31)(H,28,32). The molecule has 2 rings (SSSR count). The van der Waals surface area contributed by atoms with Crippen molar-refractivity contribution in [1.29, 1.82) is 0 Å². The second-order valence-corrected chi connectivity index (χ2v) is 7.51. The first kappa shape index (κ1) is 24.9. The van der Waals surface area contributed by atoms with E-state index < -0.39 is 11.8 Å². The van der Waals surface area contributed by atoms with Crippen LogP contribution in [0.15, 0.2) is 48.5 Å². The second-order valence-electron chi connectivity index (χ2n) is 7.51. The van der Waals surface area contributed by atoms with Crippen molar-refractivity contribution in [2.24, 2.45) is 11.7 Å². The van der Waals surface area contributed by atoms with Gasteiger partial charge in [0, 0.05) is 24.0 Å². The van der Waals surface area contributed by atoms with E-state index in [9.17, 15) is 19.2 Å². The maximum atomic E-state index is 12.4. The average molecular weight is 439 g/mol. The Kier molecular flexibility index (Phi) is 10.2. The van der Waals surface area contributed by atoms with Gasteiger partial charge < -0.3 is 0 Å². The van der Waals surface area contributed by atoms with Crippen LogP contribution in [-0.4, -0.2) is 23.4 Å². The third kappa shape index (κ3) is 7.11. The summed E-state index contributed by atoms with van der Waals surface area (Å²) in [6.45, 7) is 0. The fraction of sp³-hybridized carbons (Fsp3) is 0.333. The van der Waals surface area contributed by atoms with Gasteiger partial charge in [-0.25, -0.2) is 11.7 Å². The van der Waals surface area contributed by atoms with Crippen LogP contribution in [0, 0.1) is 0 Å². The number of ketones is 2. The summed E-state index contributed by atoms with van der Waals surface area (Å²) in [5.74, 6) is 9.25. The van der Waals surface area contributed by atoms with Gasteiger partial charge in [0.2, 0.25) is 0 Å². The predicted octanol–water partition coefficient (Wildman–Crippen LogP) is 3.08. The van der Waals surface area contributed by atoms with Crippen molar-refractivity contribution in [2.45, 2.75) is 51.4 Å². The summed E-state index contributed by atoms with van der Waals surface area (Å²) in [5.41, 5.74) is 5.47. The van der Waals surface area contributed by atoms with Crippen LogP contribution in [0.25, 0.3) is 0 Å². The van der Waals surface area contributed by atoms with Gasteiger partial charge in [-0.2, -0.15) is 0 Å². The molecule has 8 nitrogen and oxygen atoms in total. The fourth-order valence-electron chi connectivity index (χ4n) is 3.55. The fourth-order valence-corrected chi connectivity index (χ4v) is 3.55. The minimum absolute atomic E-state index is 0.0741. The van der Waals surface area contributed by atoms with Gasteiger partial charge in [-0.05, 0) is 25.0 Å². The maximum absolute atomic E-state index is 12.4. The van der Waals surface area contributed by atoms with Gasteiger partial charge in [-0.1, -0.05) is 62.1 Å². The third-order valence-corrected chi connectivity index (χ3v) is 5.26. The molecule has 0 radical (unpaired) electrons. The second kappa shape index (κ2) is 13.1. The molecule has 0 fully saturated rings. The molecule has 2 aromatic rings. The number of rotatable bonds is 13. The summed E-state index contributed by atoms with van der Waals surface area (Å²) in [7, 11) is 0. The lowest BCUT2D eigenvalue weighted by molar-refractivity contribution is 0.0929. The lowest BCUT2D eigenvalue weighted by Crippen LogP contribution is -2.31. The lowest BCUT2D eigenvalue weighted by Gasteiger charge is -2.08. The van der Waals surface area contributed by atoms with Gasteiger partial charge in [0.25, 0.3) is 11.8 Å². The first-order valence-corrected chi connectivity index (χ1v) is 10.8. The molecular formula is C24H30N4O4. The number of nitrogens with one attached hydrogen (secondary N) is 2. The Labute approximate surface area is 187 Å². The largest absolute Gasteiger partial charge is 0.294 e. The number of hydrazine groups is 2. The van der Waals surface area contributed by atoms with E-state index in [1.54, 1.807) is 48.5 Å². The van der Waals surface area contributed by atoms with Crippen molar-refractivity contribution in [3.05, 3.63) is 70.8 Å². The van der Waals surface area contributed by atoms with E-state index in [1.807, 2.05) is 0 Å². The normalized spacial score (nSPS) is 10.4. The van der Waals surface area contributed by atoms with E-state index in [2.05, 4.69) is 10.9 Å². The Bertz CT molecular complexity index is 881.